The molecule has 74 heavy (non-hydrogen) atoms. The molecule has 0 spiro atoms. The maximum atomic E-state index is 12.9. The summed E-state index contributed by atoms with van der Waals surface area (Å²) in [5.41, 5.74) is 16.4. The normalized spacial score (nSPS) is 12.7. The van der Waals surface area contributed by atoms with Crippen molar-refractivity contribution in [1.29, 1.82) is 5.26 Å². The number of fused-ring (bicyclic) bond motifs is 15. The third-order valence-electron chi connectivity index (χ3n) is 15.4. The van der Waals surface area contributed by atoms with Gasteiger partial charge in [-0.25, -0.2) is 0 Å². The molecule has 0 amide bonds. The molecule has 0 saturated heterocycles. The van der Waals surface area contributed by atoms with Gasteiger partial charge < -0.3 is 22.8 Å². The molecule has 1 aliphatic carbocycles. The Morgan fingerprint density at radius 1 is 0.351 bits per heavy atom. The number of nitriles is 1. The van der Waals surface area contributed by atoms with E-state index in [1.807, 2.05) is 24.7 Å². The van der Waals surface area contributed by atoms with E-state index in [1.54, 1.807) is 0 Å². The molecule has 15 aromatic rings. The van der Waals surface area contributed by atoms with Gasteiger partial charge in [-0.3, -0.25) is 9.97 Å². The fourth-order valence-electron chi connectivity index (χ4n) is 12.6. The lowest BCUT2D eigenvalue weighted by Gasteiger charge is -2.30. The molecule has 8 aromatic carbocycles. The molecule has 8 heteroatoms. The number of nitrogens with zero attached hydrogens (tertiary/aromatic N) is 8. The molecule has 0 fully saturated rings. The van der Waals surface area contributed by atoms with E-state index in [4.69, 9.17) is 9.97 Å². The highest BCUT2D eigenvalue weighted by Gasteiger charge is 2.36. The van der Waals surface area contributed by atoms with E-state index in [-0.39, 0.29) is 0 Å². The van der Waals surface area contributed by atoms with Gasteiger partial charge in [-0.05, 0) is 73.2 Å². The topological polar surface area (TPSA) is 74.2 Å². The van der Waals surface area contributed by atoms with Crippen LogP contribution < -0.4 is 0 Å². The van der Waals surface area contributed by atoms with Gasteiger partial charge in [-0.2, -0.15) is 5.26 Å². The quantitative estimate of drug-likeness (QED) is 0.172. The molecule has 8 nitrogen and oxygen atoms in total. The number of hydrogen-bond acceptors (Lipinski definition) is 3. The van der Waals surface area contributed by atoms with Gasteiger partial charge in [0.2, 0.25) is 0 Å². The number of allylic oxidation sites excluding steroid dienone is 2. The van der Waals surface area contributed by atoms with E-state index in [0.29, 0.717) is 5.56 Å². The molecular weight excluding hydrogens is 905 g/mol. The van der Waals surface area contributed by atoms with Crippen molar-refractivity contribution in [3.05, 3.63) is 236 Å². The summed E-state index contributed by atoms with van der Waals surface area (Å²) >= 11 is 0. The standard InChI is InChI=1S/C66H40N8/c67-39-49-62(70-51-28-11-4-20-42(51)43-21-5-12-29-52(43)70)64(73-57-33-16-9-25-47(57)50-40-68-38-36-59(50)73)66(72-55-27-3-1-2-19-41(55)46-24-8-15-32-56(46)72)65(74-58-34-17-10-26-48(58)61-60(74)35-18-37-69-61)63(49)71-53-30-13-6-22-44(53)45-23-7-14-31-54(45)71/h2-38,40H,1H2. The molecule has 7 heterocycles. The van der Waals surface area contributed by atoms with Crippen molar-refractivity contribution in [2.24, 2.45) is 0 Å². The summed E-state index contributed by atoms with van der Waals surface area (Å²) in [6.07, 6.45) is 15.6. The monoisotopic (exact) mass is 944 g/mol. The summed E-state index contributed by atoms with van der Waals surface area (Å²) in [4.78, 5) is 9.92. The number of pyridine rings is 2. The smallest absolute Gasteiger partial charge is 0.105 e. The first-order valence-electron chi connectivity index (χ1n) is 25.0. The Morgan fingerprint density at radius 2 is 0.743 bits per heavy atom. The van der Waals surface area contributed by atoms with E-state index >= 15 is 0 Å². The van der Waals surface area contributed by atoms with E-state index in [0.717, 1.165) is 144 Å². The highest BCUT2D eigenvalue weighted by molar-refractivity contribution is 6.16. The van der Waals surface area contributed by atoms with Crippen molar-refractivity contribution >= 4 is 110 Å². The van der Waals surface area contributed by atoms with Crippen LogP contribution in [-0.2, 0) is 0 Å². The van der Waals surface area contributed by atoms with Crippen molar-refractivity contribution < 1.29 is 0 Å². The molecule has 344 valence electrons. The Bertz CT molecular complexity index is 4550. The Balaban J connectivity index is 1.31. The Morgan fingerprint density at radius 3 is 1.28 bits per heavy atom. The minimum Gasteiger partial charge on any atom is -0.306 e. The minimum atomic E-state index is 0.504. The van der Waals surface area contributed by atoms with Gasteiger partial charge in [0.15, 0.2) is 0 Å². The molecule has 0 radical (unpaired) electrons. The number of aromatic nitrogens is 7. The summed E-state index contributed by atoms with van der Waals surface area (Å²) in [6.45, 7) is 0. The first kappa shape index (κ1) is 40.5. The third kappa shape index (κ3) is 5.34. The first-order valence-corrected chi connectivity index (χ1v) is 25.0. The summed E-state index contributed by atoms with van der Waals surface area (Å²) in [5, 5.41) is 21.4. The van der Waals surface area contributed by atoms with Crippen LogP contribution in [0.5, 0.6) is 0 Å². The zero-order valence-corrected chi connectivity index (χ0v) is 39.7. The number of rotatable bonds is 5. The minimum absolute atomic E-state index is 0.504. The lowest BCUT2D eigenvalue weighted by Crippen LogP contribution is -2.19. The van der Waals surface area contributed by atoms with E-state index < -0.39 is 0 Å². The van der Waals surface area contributed by atoms with Gasteiger partial charge in [-0.15, -0.1) is 0 Å². The fourth-order valence-corrected chi connectivity index (χ4v) is 12.6. The van der Waals surface area contributed by atoms with Gasteiger partial charge in [-0.1, -0.05) is 146 Å². The van der Waals surface area contributed by atoms with E-state index in [9.17, 15) is 5.26 Å². The molecule has 1 aliphatic rings. The molecule has 0 aliphatic heterocycles. The maximum Gasteiger partial charge on any atom is 0.105 e. The average molecular weight is 945 g/mol. The predicted molar refractivity (Wildman–Crippen MR) is 304 cm³/mol. The second kappa shape index (κ2) is 15.4. The molecule has 0 bridgehead atoms. The van der Waals surface area contributed by atoms with Crippen LogP contribution in [0.4, 0.5) is 0 Å². The van der Waals surface area contributed by atoms with Crippen LogP contribution in [0.15, 0.2) is 219 Å². The van der Waals surface area contributed by atoms with Crippen LogP contribution in [0, 0.1) is 11.3 Å². The average Bonchev–Trinajstić information content (AvgIpc) is 4.24. The van der Waals surface area contributed by atoms with Crippen molar-refractivity contribution in [2.45, 2.75) is 6.42 Å². The molecule has 0 atom stereocenters. The molecular formula is C66H40N8. The Kier molecular flexibility index (Phi) is 8.42. The second-order valence-electron chi connectivity index (χ2n) is 19.1. The van der Waals surface area contributed by atoms with Crippen LogP contribution in [0.1, 0.15) is 23.2 Å². The number of benzene rings is 8. The zero-order valence-electron chi connectivity index (χ0n) is 39.7. The Hall–Kier alpha value is -10.2. The highest BCUT2D eigenvalue weighted by Crippen LogP contribution is 2.51. The van der Waals surface area contributed by atoms with Crippen LogP contribution in [0.2, 0.25) is 0 Å². The van der Waals surface area contributed by atoms with Crippen molar-refractivity contribution in [1.82, 2.24) is 32.8 Å². The van der Waals surface area contributed by atoms with E-state index in [2.05, 4.69) is 235 Å². The van der Waals surface area contributed by atoms with Gasteiger partial charge in [0, 0.05) is 67.2 Å². The van der Waals surface area contributed by atoms with Crippen molar-refractivity contribution in [3.63, 3.8) is 0 Å². The SMILES string of the molecule is N#Cc1c(-n2c3ccccc3c3ccccc32)c(-n2c3ccccc3c3cnccc32)c(-n2c3c(c4ccccc42)C=CCC=C3)c(-n2c3ccccc3c3ncccc32)c1-n1c2ccccc2c2ccccc21. The molecule has 0 saturated carbocycles. The summed E-state index contributed by atoms with van der Waals surface area (Å²) in [7, 11) is 0. The highest BCUT2D eigenvalue weighted by atomic mass is 15.2. The van der Waals surface area contributed by atoms with Crippen molar-refractivity contribution in [2.75, 3.05) is 0 Å². The van der Waals surface area contributed by atoms with E-state index in [1.165, 1.54) is 0 Å². The van der Waals surface area contributed by atoms with Gasteiger partial charge in [0.1, 0.15) is 11.6 Å². The predicted octanol–water partition coefficient (Wildman–Crippen LogP) is 16.1. The van der Waals surface area contributed by atoms with Gasteiger partial charge in [0.25, 0.3) is 0 Å². The third-order valence-corrected chi connectivity index (χ3v) is 15.4. The van der Waals surface area contributed by atoms with Crippen LogP contribution >= 0.6 is 0 Å². The summed E-state index contributed by atoms with van der Waals surface area (Å²) in [6, 6.07) is 69.9. The molecule has 0 N–H and O–H groups in total. The summed E-state index contributed by atoms with van der Waals surface area (Å²) in [5.74, 6) is 0. The zero-order chi connectivity index (χ0) is 48.6. The molecule has 0 unspecified atom stereocenters. The van der Waals surface area contributed by atoms with Crippen LogP contribution in [0.3, 0.4) is 0 Å². The first-order chi connectivity index (χ1) is 36.8. The summed E-state index contributed by atoms with van der Waals surface area (Å²) < 4.78 is 12.1. The largest absolute Gasteiger partial charge is 0.306 e. The fraction of sp³-hybridized carbons (Fsp3) is 0.0152. The second-order valence-corrected chi connectivity index (χ2v) is 19.1. The van der Waals surface area contributed by atoms with Crippen LogP contribution in [-0.4, -0.2) is 32.8 Å². The number of hydrogen-bond donors (Lipinski definition) is 0. The molecule has 16 rings (SSSR count). The Labute approximate surface area is 423 Å². The lowest BCUT2D eigenvalue weighted by atomic mass is 10.0. The van der Waals surface area contributed by atoms with Gasteiger partial charge in [0.05, 0.1) is 89.3 Å². The van der Waals surface area contributed by atoms with Gasteiger partial charge >= 0.3 is 0 Å². The number of para-hydroxylation sites is 7. The molecule has 7 aromatic heterocycles. The van der Waals surface area contributed by atoms with Crippen LogP contribution in [0.25, 0.3) is 139 Å². The van der Waals surface area contributed by atoms with Crippen molar-refractivity contribution in [3.8, 4) is 34.5 Å². The maximum absolute atomic E-state index is 12.9. The lowest BCUT2D eigenvalue weighted by molar-refractivity contribution is 0.975.